The summed E-state index contributed by atoms with van der Waals surface area (Å²) in [7, 11) is -4.31. The first-order valence-corrected chi connectivity index (χ1v) is 12.3. The summed E-state index contributed by atoms with van der Waals surface area (Å²) in [6, 6.07) is 4.78. The zero-order valence-electron chi connectivity index (χ0n) is 18.5. The Morgan fingerprint density at radius 1 is 0.765 bits per heavy atom. The zero-order valence-corrected chi connectivity index (χ0v) is 19.3. The van der Waals surface area contributed by atoms with Crippen LogP contribution in [0.15, 0.2) is 29.2 Å². The summed E-state index contributed by atoms with van der Waals surface area (Å²) in [4.78, 5) is 10.1. The molecule has 0 amide bonds. The first-order chi connectivity index (χ1) is 15.7. The highest BCUT2D eigenvalue weighted by Crippen LogP contribution is 2.33. The van der Waals surface area contributed by atoms with E-state index in [0.717, 1.165) is 50.7 Å². The van der Waals surface area contributed by atoms with E-state index < -0.39 is 40.1 Å². The molecule has 1 rings (SSSR count). The number of unbranched alkanes of at least 4 members (excludes halogenated alkanes) is 9. The number of ether oxygens (including phenoxy) is 1. The van der Waals surface area contributed by atoms with Crippen LogP contribution >= 0.6 is 0 Å². The molecule has 1 aromatic carbocycles. The molecular formula is C21H29F6NO5S. The van der Waals surface area contributed by atoms with Crippen LogP contribution in [0.3, 0.4) is 0 Å². The van der Waals surface area contributed by atoms with E-state index in [1.165, 1.54) is 12.1 Å². The minimum absolute atomic E-state index is 0.168. The predicted octanol–water partition coefficient (Wildman–Crippen LogP) is 6.47. The normalized spacial score (nSPS) is 12.8. The fraction of sp³-hybridized carbons (Fsp3) is 0.667. The fourth-order valence-electron chi connectivity index (χ4n) is 3.21. The number of rotatable bonds is 15. The van der Waals surface area contributed by atoms with E-state index in [1.807, 2.05) is 0 Å². The molecule has 0 unspecified atom stereocenters. The van der Waals surface area contributed by atoms with Gasteiger partial charge >= 0.3 is 18.6 Å². The summed E-state index contributed by atoms with van der Waals surface area (Å²) >= 11 is 0. The van der Waals surface area contributed by atoms with E-state index in [1.54, 1.807) is 0 Å². The Kier molecular flexibility index (Phi) is 12.3. The number of nitrogens with zero attached hydrogens (tertiary/aromatic N) is 1. The molecule has 0 atom stereocenters. The van der Waals surface area contributed by atoms with Crippen molar-refractivity contribution in [3.05, 3.63) is 24.3 Å². The lowest BCUT2D eigenvalue weighted by molar-refractivity contribution is -0.372. The maximum absolute atomic E-state index is 12.4. The third kappa shape index (κ3) is 12.6. The second-order valence-electron chi connectivity index (χ2n) is 7.79. The number of hydrogen-bond acceptors (Lipinski definition) is 5. The molecule has 0 heterocycles. The number of halogens is 6. The lowest BCUT2D eigenvalue weighted by atomic mass is 10.1. The molecule has 0 bridgehead atoms. The van der Waals surface area contributed by atoms with Crippen LogP contribution < -0.4 is 4.74 Å². The molecule has 0 saturated carbocycles. The Bertz CT molecular complexity index is 827. The van der Waals surface area contributed by atoms with Crippen molar-refractivity contribution in [2.45, 2.75) is 88.1 Å². The largest absolute Gasteiger partial charge is 0.467 e. The topological polar surface area (TPSA) is 83.9 Å². The number of benzene rings is 1. The number of carbonyl (C=O) groups is 1. The lowest BCUT2D eigenvalue weighted by Gasteiger charge is -2.26. The van der Waals surface area contributed by atoms with Gasteiger partial charge in [-0.15, -0.1) is 4.90 Å². The second-order valence-corrected chi connectivity index (χ2v) is 9.21. The average Bonchev–Trinajstić information content (AvgIpc) is 2.69. The number of hydrogen-bond donors (Lipinski definition) is 1. The summed E-state index contributed by atoms with van der Waals surface area (Å²) in [5.74, 6) is -0.295. The molecule has 196 valence electrons. The Balaban J connectivity index is 2.03. The highest BCUT2D eigenvalue weighted by Gasteiger charge is 2.53. The molecule has 0 aliphatic rings. The first-order valence-electron chi connectivity index (χ1n) is 10.9. The smallest absolute Gasteiger partial charge is 0.427 e. The lowest BCUT2D eigenvalue weighted by Crippen LogP contribution is -2.48. The highest BCUT2D eigenvalue weighted by atomic mass is 32.2. The van der Waals surface area contributed by atoms with E-state index in [0.29, 0.717) is 19.3 Å². The van der Waals surface area contributed by atoms with Crippen molar-refractivity contribution >= 4 is 16.1 Å². The summed E-state index contributed by atoms with van der Waals surface area (Å²) in [5.41, 5.74) is 0. The fourth-order valence-corrected chi connectivity index (χ4v) is 3.69. The highest BCUT2D eigenvalue weighted by molar-refractivity contribution is 7.85. The Labute approximate surface area is 195 Å². The van der Waals surface area contributed by atoms with Crippen LogP contribution in [0.25, 0.3) is 0 Å². The molecule has 0 aliphatic heterocycles. The van der Waals surface area contributed by atoms with Gasteiger partial charge in [0.05, 0.1) is 4.90 Å². The van der Waals surface area contributed by atoms with Gasteiger partial charge in [-0.2, -0.15) is 34.8 Å². The Morgan fingerprint density at radius 2 is 1.18 bits per heavy atom. The molecule has 0 fully saturated rings. The minimum atomic E-state index is -5.42. The number of carbonyl (C=O) groups excluding carboxylic acids is 1. The first kappa shape index (κ1) is 30.2. The van der Waals surface area contributed by atoms with Gasteiger partial charge in [0.15, 0.2) is 0 Å². The van der Waals surface area contributed by atoms with Crippen molar-refractivity contribution in [3.63, 3.8) is 0 Å². The molecule has 1 aromatic rings. The van der Waals surface area contributed by atoms with Crippen LogP contribution in [-0.2, 0) is 14.9 Å². The Hall–Kier alpha value is -1.86. The van der Waals surface area contributed by atoms with Crippen LogP contribution in [0.5, 0.6) is 5.75 Å². The van der Waals surface area contributed by atoms with Crippen LogP contribution in [0.4, 0.5) is 26.3 Å². The third-order valence-corrected chi connectivity index (χ3v) is 5.85. The summed E-state index contributed by atoms with van der Waals surface area (Å²) in [5, 5.41) is 0. The molecule has 13 heteroatoms. The van der Waals surface area contributed by atoms with E-state index in [-0.39, 0.29) is 23.5 Å². The third-order valence-electron chi connectivity index (χ3n) is 4.98. The standard InChI is InChI=1S/C21H29F6NO5S/c22-20(23,24)28(21(25,26)27)16-10-8-6-4-2-1-3-5-7-9-11-19(29)33-17-12-14-18(15-13-17)34(30,31)32/h12-15H,1-11,16H2,(H,30,31,32). The summed E-state index contributed by atoms with van der Waals surface area (Å²) in [6.45, 7) is -1.09. The van der Waals surface area contributed by atoms with Crippen molar-refractivity contribution in [2.24, 2.45) is 0 Å². The molecule has 0 spiro atoms. The molecular weight excluding hydrogens is 492 g/mol. The van der Waals surface area contributed by atoms with Gasteiger partial charge in [0.1, 0.15) is 5.75 Å². The maximum Gasteiger partial charge on any atom is 0.467 e. The van der Waals surface area contributed by atoms with Gasteiger partial charge in [-0.05, 0) is 37.1 Å². The van der Waals surface area contributed by atoms with Crippen molar-refractivity contribution in [2.75, 3.05) is 6.54 Å². The van der Waals surface area contributed by atoms with Crippen molar-refractivity contribution in [1.29, 1.82) is 0 Å². The number of esters is 1. The van der Waals surface area contributed by atoms with Crippen LogP contribution in [0, 0.1) is 0 Å². The van der Waals surface area contributed by atoms with Crippen LogP contribution in [0.2, 0.25) is 0 Å². The summed E-state index contributed by atoms with van der Waals surface area (Å²) < 4.78 is 110. The molecule has 0 aliphatic carbocycles. The van der Waals surface area contributed by atoms with Gasteiger partial charge in [-0.1, -0.05) is 51.4 Å². The van der Waals surface area contributed by atoms with Gasteiger partial charge in [-0.25, -0.2) is 0 Å². The SMILES string of the molecule is O=C(CCCCCCCCCCCCN(C(F)(F)F)C(F)(F)F)Oc1ccc(S(=O)(=O)O)cc1. The molecule has 0 saturated heterocycles. The van der Waals surface area contributed by atoms with Gasteiger partial charge in [0.2, 0.25) is 0 Å². The average molecular weight is 522 g/mol. The molecule has 6 nitrogen and oxygen atoms in total. The van der Waals surface area contributed by atoms with Gasteiger partial charge in [0, 0.05) is 13.0 Å². The maximum atomic E-state index is 12.4. The minimum Gasteiger partial charge on any atom is -0.427 e. The van der Waals surface area contributed by atoms with Gasteiger partial charge < -0.3 is 4.74 Å². The van der Waals surface area contributed by atoms with Crippen molar-refractivity contribution in [3.8, 4) is 5.75 Å². The second kappa shape index (κ2) is 13.9. The molecule has 1 N–H and O–H groups in total. The van der Waals surface area contributed by atoms with Crippen molar-refractivity contribution < 1.29 is 48.8 Å². The molecule has 0 aromatic heterocycles. The van der Waals surface area contributed by atoms with Crippen LogP contribution in [-0.4, -0.2) is 43.0 Å². The molecule has 0 radical (unpaired) electrons. The van der Waals surface area contributed by atoms with E-state index in [4.69, 9.17) is 9.29 Å². The van der Waals surface area contributed by atoms with Crippen molar-refractivity contribution in [1.82, 2.24) is 4.90 Å². The van der Waals surface area contributed by atoms with Gasteiger partial charge in [-0.3, -0.25) is 9.35 Å². The van der Waals surface area contributed by atoms with E-state index in [2.05, 4.69) is 0 Å². The van der Waals surface area contributed by atoms with E-state index in [9.17, 15) is 39.6 Å². The monoisotopic (exact) mass is 521 g/mol. The quantitative estimate of drug-likeness (QED) is 0.0711. The van der Waals surface area contributed by atoms with Gasteiger partial charge in [0.25, 0.3) is 10.1 Å². The summed E-state index contributed by atoms with van der Waals surface area (Å²) in [6.07, 6.45) is -4.33. The zero-order chi connectivity index (χ0) is 25.8. The number of alkyl halides is 6. The van der Waals surface area contributed by atoms with Crippen LogP contribution in [0.1, 0.15) is 70.6 Å². The molecule has 34 heavy (non-hydrogen) atoms. The predicted molar refractivity (Wildman–Crippen MR) is 111 cm³/mol. The van der Waals surface area contributed by atoms with E-state index >= 15 is 0 Å². The Morgan fingerprint density at radius 3 is 1.59 bits per heavy atom.